The Kier molecular flexibility index (Phi) is 5.14. The van der Waals surface area contributed by atoms with E-state index in [1.165, 1.54) is 0 Å². The summed E-state index contributed by atoms with van der Waals surface area (Å²) >= 11 is 0. The molecule has 1 amide bonds. The first-order valence-electron chi connectivity index (χ1n) is 6.48. The molecule has 104 valence electrons. The lowest BCUT2D eigenvalue weighted by molar-refractivity contribution is -0.153. The number of hydrogen-bond donors (Lipinski definition) is 2. The molecule has 5 nitrogen and oxygen atoms in total. The van der Waals surface area contributed by atoms with Crippen LogP contribution >= 0.6 is 0 Å². The van der Waals surface area contributed by atoms with Crippen LogP contribution in [0.25, 0.3) is 0 Å². The molecule has 0 aromatic rings. The van der Waals surface area contributed by atoms with Crippen LogP contribution in [0.1, 0.15) is 40.0 Å². The molecule has 2 unspecified atom stereocenters. The van der Waals surface area contributed by atoms with Crippen molar-refractivity contribution in [3.05, 3.63) is 0 Å². The van der Waals surface area contributed by atoms with E-state index in [1.807, 2.05) is 13.8 Å². The molecule has 18 heavy (non-hydrogen) atoms. The van der Waals surface area contributed by atoms with Crippen LogP contribution in [0, 0.1) is 11.3 Å². The highest BCUT2D eigenvalue weighted by atomic mass is 16.5. The number of aliphatic carboxylic acids is 1. The average molecular weight is 257 g/mol. The maximum Gasteiger partial charge on any atom is 0.310 e. The van der Waals surface area contributed by atoms with Gasteiger partial charge < -0.3 is 15.2 Å². The summed E-state index contributed by atoms with van der Waals surface area (Å²) in [5, 5.41) is 12.0. The van der Waals surface area contributed by atoms with Gasteiger partial charge in [-0.2, -0.15) is 0 Å². The van der Waals surface area contributed by atoms with Gasteiger partial charge in [0.15, 0.2) is 0 Å². The van der Waals surface area contributed by atoms with Crippen LogP contribution in [-0.2, 0) is 14.3 Å². The van der Waals surface area contributed by atoms with Gasteiger partial charge >= 0.3 is 5.97 Å². The molecule has 0 saturated carbocycles. The van der Waals surface area contributed by atoms with Crippen molar-refractivity contribution in [1.82, 2.24) is 5.32 Å². The van der Waals surface area contributed by atoms with Gasteiger partial charge in [0.2, 0.25) is 5.91 Å². The molecular formula is C13H23NO4. The lowest BCUT2D eigenvalue weighted by Crippen LogP contribution is -2.40. The van der Waals surface area contributed by atoms with E-state index >= 15 is 0 Å². The van der Waals surface area contributed by atoms with Crippen LogP contribution in [0.3, 0.4) is 0 Å². The first-order valence-corrected chi connectivity index (χ1v) is 6.48. The van der Waals surface area contributed by atoms with E-state index in [1.54, 1.807) is 6.92 Å². The predicted molar refractivity (Wildman–Crippen MR) is 67.2 cm³/mol. The third-order valence-corrected chi connectivity index (χ3v) is 3.84. The average Bonchev–Trinajstić information content (AvgIpc) is 2.78. The maximum absolute atomic E-state index is 11.8. The fourth-order valence-corrected chi connectivity index (χ4v) is 1.96. The summed E-state index contributed by atoms with van der Waals surface area (Å²) in [6.45, 7) is 6.49. The number of carboxylic acids is 1. The summed E-state index contributed by atoms with van der Waals surface area (Å²) in [6, 6.07) is 0. The lowest BCUT2D eigenvalue weighted by atomic mass is 9.76. The molecule has 1 aliphatic heterocycles. The van der Waals surface area contributed by atoms with E-state index in [0.29, 0.717) is 6.54 Å². The zero-order valence-corrected chi connectivity index (χ0v) is 11.4. The Bertz CT molecular complexity index is 310. The third-order valence-electron chi connectivity index (χ3n) is 3.84. The molecule has 1 saturated heterocycles. The first kappa shape index (κ1) is 15.0. The van der Waals surface area contributed by atoms with Crippen LogP contribution in [0.5, 0.6) is 0 Å². The first-order chi connectivity index (χ1) is 8.36. The van der Waals surface area contributed by atoms with Gasteiger partial charge in [0, 0.05) is 19.6 Å². The van der Waals surface area contributed by atoms with Crippen molar-refractivity contribution in [2.75, 3.05) is 13.2 Å². The molecule has 1 aliphatic rings. The van der Waals surface area contributed by atoms with Gasteiger partial charge in [-0.3, -0.25) is 9.59 Å². The molecule has 0 spiro atoms. The molecule has 1 rings (SSSR count). The highest BCUT2D eigenvalue weighted by molar-refractivity contribution is 5.84. The summed E-state index contributed by atoms with van der Waals surface area (Å²) < 4.78 is 5.40. The van der Waals surface area contributed by atoms with E-state index < -0.39 is 11.4 Å². The SMILES string of the molecule is CC(C)C(C)(CC(=O)NCC1CCCO1)C(=O)O. The van der Waals surface area contributed by atoms with Crippen LogP contribution in [0.2, 0.25) is 0 Å². The van der Waals surface area contributed by atoms with Gasteiger partial charge in [-0.15, -0.1) is 0 Å². The zero-order valence-electron chi connectivity index (χ0n) is 11.4. The number of hydrogen-bond acceptors (Lipinski definition) is 3. The van der Waals surface area contributed by atoms with Gasteiger partial charge in [-0.1, -0.05) is 13.8 Å². The quantitative estimate of drug-likeness (QED) is 0.754. The molecule has 0 aliphatic carbocycles. The molecule has 2 atom stereocenters. The second-order valence-electron chi connectivity index (χ2n) is 5.49. The molecule has 0 radical (unpaired) electrons. The molecule has 0 aromatic heterocycles. The Balaban J connectivity index is 2.44. The maximum atomic E-state index is 11.8. The van der Waals surface area contributed by atoms with Gasteiger partial charge in [0.05, 0.1) is 11.5 Å². The van der Waals surface area contributed by atoms with Crippen molar-refractivity contribution in [2.45, 2.75) is 46.1 Å². The fourth-order valence-electron chi connectivity index (χ4n) is 1.96. The van der Waals surface area contributed by atoms with Crippen LogP contribution in [-0.4, -0.2) is 36.2 Å². The Morgan fingerprint density at radius 3 is 2.61 bits per heavy atom. The van der Waals surface area contributed by atoms with E-state index in [-0.39, 0.29) is 24.3 Å². The highest BCUT2D eigenvalue weighted by Crippen LogP contribution is 2.31. The number of carbonyl (C=O) groups excluding carboxylic acids is 1. The largest absolute Gasteiger partial charge is 0.481 e. The Labute approximate surface area is 108 Å². The number of carboxylic acid groups (broad SMARTS) is 1. The van der Waals surface area contributed by atoms with Crippen molar-refractivity contribution >= 4 is 11.9 Å². The minimum absolute atomic E-state index is 0.00667. The smallest absolute Gasteiger partial charge is 0.310 e. The lowest BCUT2D eigenvalue weighted by Gasteiger charge is -2.28. The molecule has 0 aromatic carbocycles. The van der Waals surface area contributed by atoms with Crippen LogP contribution < -0.4 is 5.32 Å². The normalized spacial score (nSPS) is 22.8. The van der Waals surface area contributed by atoms with Gasteiger partial charge in [0.1, 0.15) is 0 Å². The van der Waals surface area contributed by atoms with Gasteiger partial charge in [-0.05, 0) is 25.7 Å². The second kappa shape index (κ2) is 6.18. The van der Waals surface area contributed by atoms with E-state index in [9.17, 15) is 14.7 Å². The number of carbonyl (C=O) groups is 2. The molecule has 5 heteroatoms. The summed E-state index contributed by atoms with van der Waals surface area (Å²) in [4.78, 5) is 23.0. The minimum Gasteiger partial charge on any atom is -0.481 e. The topological polar surface area (TPSA) is 75.6 Å². The third kappa shape index (κ3) is 3.70. The summed E-state index contributed by atoms with van der Waals surface area (Å²) in [7, 11) is 0. The predicted octanol–water partition coefficient (Wildman–Crippen LogP) is 1.42. The number of amides is 1. The summed E-state index contributed by atoms with van der Waals surface area (Å²) in [6.07, 6.45) is 2.08. The Hall–Kier alpha value is -1.10. The number of rotatable bonds is 6. The van der Waals surface area contributed by atoms with Crippen molar-refractivity contribution in [3.63, 3.8) is 0 Å². The summed E-state index contributed by atoms with van der Waals surface area (Å²) in [5.41, 5.74) is -1.01. The number of ether oxygens (including phenoxy) is 1. The van der Waals surface area contributed by atoms with E-state index in [4.69, 9.17) is 4.74 Å². The minimum atomic E-state index is -1.01. The summed E-state index contributed by atoms with van der Waals surface area (Å²) in [5.74, 6) is -1.24. The second-order valence-corrected chi connectivity index (χ2v) is 5.49. The van der Waals surface area contributed by atoms with Crippen LogP contribution in [0.15, 0.2) is 0 Å². The van der Waals surface area contributed by atoms with Gasteiger partial charge in [0.25, 0.3) is 0 Å². The van der Waals surface area contributed by atoms with E-state index in [2.05, 4.69) is 5.32 Å². The molecule has 2 N–H and O–H groups in total. The molecule has 0 bridgehead atoms. The number of nitrogens with one attached hydrogen (secondary N) is 1. The van der Waals surface area contributed by atoms with Crippen molar-refractivity contribution in [2.24, 2.45) is 11.3 Å². The highest BCUT2D eigenvalue weighted by Gasteiger charge is 2.38. The van der Waals surface area contributed by atoms with Gasteiger partial charge in [-0.25, -0.2) is 0 Å². The van der Waals surface area contributed by atoms with Crippen LogP contribution in [0.4, 0.5) is 0 Å². The Morgan fingerprint density at radius 1 is 1.50 bits per heavy atom. The van der Waals surface area contributed by atoms with Crippen molar-refractivity contribution < 1.29 is 19.4 Å². The van der Waals surface area contributed by atoms with E-state index in [0.717, 1.165) is 19.4 Å². The zero-order chi connectivity index (χ0) is 13.8. The monoisotopic (exact) mass is 257 g/mol. The Morgan fingerprint density at radius 2 is 2.17 bits per heavy atom. The molecular weight excluding hydrogens is 234 g/mol. The van der Waals surface area contributed by atoms with Crippen molar-refractivity contribution in [1.29, 1.82) is 0 Å². The molecule has 1 heterocycles. The fraction of sp³-hybridized carbons (Fsp3) is 0.846. The standard InChI is InChI=1S/C13H23NO4/c1-9(2)13(3,12(16)17)7-11(15)14-8-10-5-4-6-18-10/h9-10H,4-8H2,1-3H3,(H,14,15)(H,16,17). The van der Waals surface area contributed by atoms with Crippen molar-refractivity contribution in [3.8, 4) is 0 Å². The molecule has 1 fully saturated rings.